The highest BCUT2D eigenvalue weighted by atomic mass is 35.5. The van der Waals surface area contributed by atoms with Crippen molar-refractivity contribution in [1.82, 2.24) is 0 Å². The van der Waals surface area contributed by atoms with Gasteiger partial charge in [-0.1, -0.05) is 35.9 Å². The highest BCUT2D eigenvalue weighted by molar-refractivity contribution is 6.33. The number of nitro benzene ring substituents is 1. The fraction of sp³-hybridized carbons (Fsp3) is 0.211. The van der Waals surface area contributed by atoms with Gasteiger partial charge in [0, 0.05) is 12.0 Å². The van der Waals surface area contributed by atoms with Gasteiger partial charge in [-0.2, -0.15) is 0 Å². The molecule has 0 radical (unpaired) electrons. The molecule has 0 saturated carbocycles. The lowest BCUT2D eigenvalue weighted by molar-refractivity contribution is -0.385. The van der Waals surface area contributed by atoms with E-state index < -0.39 is 5.97 Å². The van der Waals surface area contributed by atoms with E-state index in [-0.39, 0.29) is 34.1 Å². The summed E-state index contributed by atoms with van der Waals surface area (Å²) >= 11 is 6.34. The second kappa shape index (κ2) is 6.14. The smallest absolute Gasteiger partial charge is 0.335 e. The van der Waals surface area contributed by atoms with Crippen molar-refractivity contribution in [3.8, 4) is 0 Å². The number of nitrogens with zero attached hydrogens (tertiary/aromatic N) is 1. The number of rotatable bonds is 3. The summed E-state index contributed by atoms with van der Waals surface area (Å²) in [4.78, 5) is 22.2. The first-order chi connectivity index (χ1) is 12.5. The lowest BCUT2D eigenvalue weighted by Gasteiger charge is -2.37. The number of hydrogen-bond donors (Lipinski definition) is 2. The van der Waals surface area contributed by atoms with Crippen molar-refractivity contribution >= 4 is 28.9 Å². The second-order valence-corrected chi connectivity index (χ2v) is 6.92. The Hall–Kier alpha value is -2.86. The van der Waals surface area contributed by atoms with Crippen molar-refractivity contribution < 1.29 is 14.8 Å². The molecule has 2 aromatic rings. The minimum absolute atomic E-state index is 0.0677. The van der Waals surface area contributed by atoms with Gasteiger partial charge in [-0.05, 0) is 36.1 Å². The Bertz CT molecular complexity index is 939. The molecule has 0 bridgehead atoms. The summed E-state index contributed by atoms with van der Waals surface area (Å²) in [5.74, 6) is -0.970. The number of halogens is 1. The Morgan fingerprint density at radius 2 is 1.96 bits per heavy atom. The van der Waals surface area contributed by atoms with Gasteiger partial charge < -0.3 is 10.4 Å². The van der Waals surface area contributed by atoms with Crippen LogP contribution < -0.4 is 5.32 Å². The minimum atomic E-state index is -0.974. The van der Waals surface area contributed by atoms with Crippen molar-refractivity contribution in [1.29, 1.82) is 0 Å². The summed E-state index contributed by atoms with van der Waals surface area (Å²) in [6.45, 7) is 0. The average Bonchev–Trinajstić information content (AvgIpc) is 3.11. The number of nitro groups is 1. The van der Waals surface area contributed by atoms with E-state index in [1.165, 1.54) is 12.1 Å². The van der Waals surface area contributed by atoms with Crippen LogP contribution in [-0.2, 0) is 0 Å². The number of anilines is 1. The van der Waals surface area contributed by atoms with Crippen molar-refractivity contribution in [2.24, 2.45) is 5.92 Å². The maximum atomic E-state index is 11.5. The summed E-state index contributed by atoms with van der Waals surface area (Å²) in [5.41, 5.74) is 2.43. The summed E-state index contributed by atoms with van der Waals surface area (Å²) < 4.78 is 0. The zero-order valence-corrected chi connectivity index (χ0v) is 14.3. The third-order valence-corrected chi connectivity index (χ3v) is 5.47. The van der Waals surface area contributed by atoms with E-state index in [2.05, 4.69) is 5.32 Å². The number of aromatic carboxylic acids is 1. The predicted octanol–water partition coefficient (Wildman–Crippen LogP) is 4.77. The van der Waals surface area contributed by atoms with Gasteiger partial charge in [0.05, 0.1) is 32.8 Å². The van der Waals surface area contributed by atoms with Crippen LogP contribution in [0.15, 0.2) is 48.6 Å². The molecule has 0 fully saturated rings. The topological polar surface area (TPSA) is 92.5 Å². The fourth-order valence-corrected chi connectivity index (χ4v) is 4.20. The van der Waals surface area contributed by atoms with Crippen LogP contribution in [0.2, 0.25) is 5.02 Å². The second-order valence-electron chi connectivity index (χ2n) is 6.51. The van der Waals surface area contributed by atoms with Crippen LogP contribution in [0.4, 0.5) is 11.4 Å². The van der Waals surface area contributed by atoms with E-state index in [0.717, 1.165) is 12.0 Å². The summed E-state index contributed by atoms with van der Waals surface area (Å²) in [5, 5.41) is 24.4. The molecule has 0 amide bonds. The number of carboxylic acid groups (broad SMARTS) is 1. The van der Waals surface area contributed by atoms with E-state index in [1.54, 1.807) is 24.3 Å². The van der Waals surface area contributed by atoms with Crippen LogP contribution in [0.1, 0.15) is 39.9 Å². The zero-order valence-electron chi connectivity index (χ0n) is 13.6. The van der Waals surface area contributed by atoms with Gasteiger partial charge in [0.2, 0.25) is 0 Å². The first-order valence-corrected chi connectivity index (χ1v) is 8.58. The number of benzene rings is 2. The SMILES string of the molecule is O=C(O)c1ccc([C@H]2Nc3c(Cl)ccc([N+](=O)[O-])c3[C@H]3C=CC[C@H]32)cc1. The van der Waals surface area contributed by atoms with E-state index in [0.29, 0.717) is 16.3 Å². The highest BCUT2D eigenvalue weighted by Gasteiger charge is 2.42. The summed E-state index contributed by atoms with van der Waals surface area (Å²) in [7, 11) is 0. The molecular formula is C19H15ClN2O4. The Balaban J connectivity index is 1.81. The first kappa shape index (κ1) is 16.6. The van der Waals surface area contributed by atoms with E-state index >= 15 is 0 Å². The van der Waals surface area contributed by atoms with Gasteiger partial charge in [-0.3, -0.25) is 10.1 Å². The van der Waals surface area contributed by atoms with Gasteiger partial charge in [-0.15, -0.1) is 0 Å². The monoisotopic (exact) mass is 370 g/mol. The molecule has 1 aliphatic heterocycles. The predicted molar refractivity (Wildman–Crippen MR) is 97.9 cm³/mol. The number of fused-ring (bicyclic) bond motifs is 3. The maximum Gasteiger partial charge on any atom is 0.335 e. The molecule has 0 spiro atoms. The van der Waals surface area contributed by atoms with E-state index in [1.807, 2.05) is 12.2 Å². The van der Waals surface area contributed by atoms with Crippen LogP contribution >= 0.6 is 11.6 Å². The average molecular weight is 371 g/mol. The fourth-order valence-electron chi connectivity index (χ4n) is 3.98. The maximum absolute atomic E-state index is 11.5. The molecule has 0 saturated heterocycles. The molecule has 1 aliphatic carbocycles. The molecule has 0 unspecified atom stereocenters. The van der Waals surface area contributed by atoms with Gasteiger partial charge in [0.15, 0.2) is 0 Å². The van der Waals surface area contributed by atoms with Gasteiger partial charge in [-0.25, -0.2) is 4.79 Å². The Kier molecular flexibility index (Phi) is 3.92. The number of carboxylic acids is 1. The Labute approximate surface area is 154 Å². The molecule has 1 heterocycles. The Morgan fingerprint density at radius 1 is 1.23 bits per heavy atom. The largest absolute Gasteiger partial charge is 0.478 e. The zero-order chi connectivity index (χ0) is 18.4. The molecular weight excluding hydrogens is 356 g/mol. The lowest BCUT2D eigenvalue weighted by Crippen LogP contribution is -2.29. The number of nitrogens with one attached hydrogen (secondary N) is 1. The quantitative estimate of drug-likeness (QED) is 0.461. The Morgan fingerprint density at radius 3 is 2.62 bits per heavy atom. The molecule has 6 nitrogen and oxygen atoms in total. The molecule has 26 heavy (non-hydrogen) atoms. The van der Waals surface area contributed by atoms with Crippen LogP contribution in [0.25, 0.3) is 0 Å². The molecule has 3 atom stereocenters. The summed E-state index contributed by atoms with van der Waals surface area (Å²) in [6.07, 6.45) is 4.83. The molecule has 2 aliphatic rings. The standard InChI is InChI=1S/C19H15ClN2O4/c20-14-8-9-15(22(25)26)16-12-2-1-3-13(12)17(21-18(14)16)10-4-6-11(7-5-10)19(23)24/h1-2,4-9,12-13,17,21H,3H2,(H,23,24)/t12-,13+,17+/m0/s1. The van der Waals surface area contributed by atoms with Gasteiger partial charge >= 0.3 is 5.97 Å². The molecule has 0 aromatic heterocycles. The van der Waals surface area contributed by atoms with Crippen molar-refractivity contribution in [2.75, 3.05) is 5.32 Å². The molecule has 4 rings (SSSR count). The molecule has 2 aromatic carbocycles. The van der Waals surface area contributed by atoms with Gasteiger partial charge in [0.1, 0.15) is 0 Å². The first-order valence-electron chi connectivity index (χ1n) is 8.20. The minimum Gasteiger partial charge on any atom is -0.478 e. The van der Waals surface area contributed by atoms with Crippen molar-refractivity contribution in [3.63, 3.8) is 0 Å². The number of carbonyl (C=O) groups is 1. The van der Waals surface area contributed by atoms with Crippen molar-refractivity contribution in [3.05, 3.63) is 80.4 Å². The van der Waals surface area contributed by atoms with Crippen LogP contribution in [0, 0.1) is 16.0 Å². The third-order valence-electron chi connectivity index (χ3n) is 5.16. The number of hydrogen-bond acceptors (Lipinski definition) is 4. The van der Waals surface area contributed by atoms with Gasteiger partial charge in [0.25, 0.3) is 5.69 Å². The van der Waals surface area contributed by atoms with E-state index in [9.17, 15) is 14.9 Å². The molecule has 132 valence electrons. The van der Waals surface area contributed by atoms with Crippen LogP contribution in [-0.4, -0.2) is 16.0 Å². The molecule has 7 heteroatoms. The van der Waals surface area contributed by atoms with Crippen LogP contribution in [0.3, 0.4) is 0 Å². The highest BCUT2D eigenvalue weighted by Crippen LogP contribution is 2.54. The van der Waals surface area contributed by atoms with E-state index in [4.69, 9.17) is 16.7 Å². The van der Waals surface area contributed by atoms with Crippen LogP contribution in [0.5, 0.6) is 0 Å². The van der Waals surface area contributed by atoms with Crippen molar-refractivity contribution in [2.45, 2.75) is 18.4 Å². The third kappa shape index (κ3) is 2.54. The number of allylic oxidation sites excluding steroid dienone is 2. The lowest BCUT2D eigenvalue weighted by atomic mass is 9.76. The normalized spacial score (nSPS) is 23.0. The molecule has 2 N–H and O–H groups in total. The summed E-state index contributed by atoms with van der Waals surface area (Å²) in [6, 6.07) is 9.59.